The minimum atomic E-state index is -1.23. The molecule has 114 valence electrons. The molecule has 21 heavy (non-hydrogen) atoms. The number of carboxylic acid groups (broad SMARTS) is 2. The zero-order valence-corrected chi connectivity index (χ0v) is 12.0. The van der Waals surface area contributed by atoms with Crippen LogP contribution >= 0.6 is 0 Å². The largest absolute Gasteiger partial charge is 0.478 e. The van der Waals surface area contributed by atoms with E-state index in [4.69, 9.17) is 21.7 Å². The van der Waals surface area contributed by atoms with Crippen molar-refractivity contribution in [3.63, 3.8) is 0 Å². The molecule has 0 aliphatic rings. The van der Waals surface area contributed by atoms with Crippen molar-refractivity contribution in [3.05, 3.63) is 35.4 Å². The molecule has 0 heterocycles. The van der Waals surface area contributed by atoms with Gasteiger partial charge in [-0.1, -0.05) is 31.9 Å². The van der Waals surface area contributed by atoms with Crippen molar-refractivity contribution in [1.29, 1.82) is 0 Å². The maximum absolute atomic E-state index is 10.5. The van der Waals surface area contributed by atoms with E-state index in [9.17, 15) is 9.59 Å². The highest BCUT2D eigenvalue weighted by atomic mass is 16.4. The third-order valence-electron chi connectivity index (χ3n) is 2.63. The molecule has 0 bridgehead atoms. The molecule has 0 fully saturated rings. The Morgan fingerprint density at radius 3 is 2.00 bits per heavy atom. The van der Waals surface area contributed by atoms with E-state index in [1.54, 1.807) is 0 Å². The molecule has 0 aliphatic carbocycles. The number of hydrogen-bond acceptors (Lipinski definition) is 3. The summed E-state index contributed by atoms with van der Waals surface area (Å²) in [6, 6.07) is 5.48. The number of carboxylic acids is 2. The quantitative estimate of drug-likeness (QED) is 0.701. The van der Waals surface area contributed by atoms with E-state index in [2.05, 4.69) is 12.8 Å². The molecule has 0 saturated heterocycles. The summed E-state index contributed by atoms with van der Waals surface area (Å²) >= 11 is 0. The Morgan fingerprint density at radius 1 is 1.19 bits per heavy atom. The molecule has 0 amide bonds. The van der Waals surface area contributed by atoms with Gasteiger partial charge in [0.15, 0.2) is 0 Å². The van der Waals surface area contributed by atoms with Crippen LogP contribution in [0.2, 0.25) is 0 Å². The summed E-state index contributed by atoms with van der Waals surface area (Å²) in [5.74, 6) is -0.0310. The number of carbonyl (C=O) groups is 2. The van der Waals surface area contributed by atoms with Crippen molar-refractivity contribution in [2.45, 2.75) is 38.7 Å². The molecule has 1 rings (SSSR count). The lowest BCUT2D eigenvalue weighted by Gasteiger charge is -2.03. The zero-order chi connectivity index (χ0) is 16.3. The van der Waals surface area contributed by atoms with Crippen LogP contribution in [0.15, 0.2) is 24.3 Å². The summed E-state index contributed by atoms with van der Waals surface area (Å²) in [5.41, 5.74) is -0.380. The second-order valence-corrected chi connectivity index (χ2v) is 4.36. The van der Waals surface area contributed by atoms with E-state index in [-0.39, 0.29) is 17.2 Å². The van der Waals surface area contributed by atoms with Crippen molar-refractivity contribution < 1.29 is 24.9 Å². The second-order valence-electron chi connectivity index (χ2n) is 4.36. The molecule has 0 radical (unpaired) electrons. The number of aliphatic hydroxyl groups excluding tert-OH is 1. The number of unbranched alkanes of at least 4 members (excludes halogenated alkanes) is 1. The van der Waals surface area contributed by atoms with Gasteiger partial charge in [-0.2, -0.15) is 0 Å². The lowest BCUT2D eigenvalue weighted by Crippen LogP contribution is -2.06. The Hall–Kier alpha value is -2.32. The van der Waals surface area contributed by atoms with Gasteiger partial charge in [0.05, 0.1) is 17.2 Å². The lowest BCUT2D eigenvalue weighted by molar-refractivity contribution is 0.0651. The minimum Gasteiger partial charge on any atom is -0.478 e. The van der Waals surface area contributed by atoms with Gasteiger partial charge in [-0.25, -0.2) is 9.59 Å². The molecule has 5 heteroatoms. The summed E-state index contributed by atoms with van der Waals surface area (Å²) in [6.45, 7) is 2.10. The predicted octanol–water partition coefficient (Wildman–Crippen LogP) is 2.64. The molecule has 0 saturated carbocycles. The zero-order valence-electron chi connectivity index (χ0n) is 12.0. The number of hydrogen-bond donors (Lipinski definition) is 3. The molecule has 0 spiro atoms. The molecule has 1 aromatic rings. The summed E-state index contributed by atoms with van der Waals surface area (Å²) in [6.07, 6.45) is 8.27. The maximum Gasteiger partial charge on any atom is 0.336 e. The average Bonchev–Trinajstić information content (AvgIpc) is 2.46. The van der Waals surface area contributed by atoms with Crippen molar-refractivity contribution in [1.82, 2.24) is 0 Å². The van der Waals surface area contributed by atoms with Crippen molar-refractivity contribution in [3.8, 4) is 12.3 Å². The summed E-state index contributed by atoms with van der Waals surface area (Å²) < 4.78 is 0. The van der Waals surface area contributed by atoms with Gasteiger partial charge in [-0.3, -0.25) is 0 Å². The first-order valence-corrected chi connectivity index (χ1v) is 6.61. The lowest BCUT2D eigenvalue weighted by atomic mass is 10.1. The highest BCUT2D eigenvalue weighted by Crippen LogP contribution is 2.07. The van der Waals surface area contributed by atoms with Gasteiger partial charge in [0.2, 0.25) is 0 Å². The molecule has 0 aromatic heterocycles. The Morgan fingerprint density at radius 2 is 1.67 bits per heavy atom. The average molecular weight is 292 g/mol. The van der Waals surface area contributed by atoms with E-state index < -0.39 is 11.9 Å². The van der Waals surface area contributed by atoms with E-state index >= 15 is 0 Å². The highest BCUT2D eigenvalue weighted by Gasteiger charge is 2.13. The van der Waals surface area contributed by atoms with Crippen LogP contribution in [0, 0.1) is 12.3 Å². The minimum absolute atomic E-state index is 0.190. The normalized spacial score (nSPS) is 10.7. The van der Waals surface area contributed by atoms with Gasteiger partial charge in [-0.05, 0) is 18.6 Å². The molecule has 5 nitrogen and oxygen atoms in total. The predicted molar refractivity (Wildman–Crippen MR) is 79.3 cm³/mol. The van der Waals surface area contributed by atoms with Crippen LogP contribution in [-0.4, -0.2) is 33.4 Å². The van der Waals surface area contributed by atoms with Crippen LogP contribution in [0.4, 0.5) is 0 Å². The van der Waals surface area contributed by atoms with Gasteiger partial charge in [0, 0.05) is 6.42 Å². The summed E-state index contributed by atoms with van der Waals surface area (Å²) in [5, 5.41) is 26.1. The van der Waals surface area contributed by atoms with E-state index in [0.717, 1.165) is 19.3 Å². The highest BCUT2D eigenvalue weighted by molar-refractivity contribution is 6.01. The first-order chi connectivity index (χ1) is 9.93. The third-order valence-corrected chi connectivity index (χ3v) is 2.63. The Kier molecular flexibility index (Phi) is 9.31. The number of benzene rings is 1. The summed E-state index contributed by atoms with van der Waals surface area (Å²) in [7, 11) is 0. The van der Waals surface area contributed by atoms with Crippen molar-refractivity contribution in [2.24, 2.45) is 0 Å². The Bertz CT molecular complexity index is 469. The van der Waals surface area contributed by atoms with Crippen LogP contribution in [-0.2, 0) is 0 Å². The van der Waals surface area contributed by atoms with E-state index in [0.29, 0.717) is 6.42 Å². The number of aliphatic hydroxyl groups is 1. The van der Waals surface area contributed by atoms with Crippen LogP contribution in [0.3, 0.4) is 0 Å². The van der Waals surface area contributed by atoms with Gasteiger partial charge in [0.1, 0.15) is 0 Å². The Labute approximate surface area is 124 Å². The van der Waals surface area contributed by atoms with Crippen LogP contribution in [0.25, 0.3) is 0 Å². The molecule has 1 atom stereocenters. The first kappa shape index (κ1) is 18.7. The van der Waals surface area contributed by atoms with Crippen LogP contribution in [0.1, 0.15) is 53.3 Å². The third kappa shape index (κ3) is 7.75. The van der Waals surface area contributed by atoms with E-state index in [1.165, 1.54) is 24.3 Å². The number of aromatic carboxylic acids is 2. The SMILES string of the molecule is C#CC[C@@H](O)CCCC.O=C(O)c1ccccc1C(=O)O. The number of terminal acetylenes is 1. The number of rotatable bonds is 6. The fourth-order valence-corrected chi connectivity index (χ4v) is 1.53. The maximum atomic E-state index is 10.5. The fraction of sp³-hybridized carbons (Fsp3) is 0.375. The van der Waals surface area contributed by atoms with Gasteiger partial charge >= 0.3 is 11.9 Å². The van der Waals surface area contributed by atoms with Gasteiger partial charge < -0.3 is 15.3 Å². The van der Waals surface area contributed by atoms with Crippen molar-refractivity contribution >= 4 is 11.9 Å². The van der Waals surface area contributed by atoms with Crippen LogP contribution < -0.4 is 0 Å². The molecule has 0 aliphatic heterocycles. The fourth-order valence-electron chi connectivity index (χ4n) is 1.53. The smallest absolute Gasteiger partial charge is 0.336 e. The van der Waals surface area contributed by atoms with Gasteiger partial charge in [-0.15, -0.1) is 12.3 Å². The molecular weight excluding hydrogens is 272 g/mol. The first-order valence-electron chi connectivity index (χ1n) is 6.61. The van der Waals surface area contributed by atoms with Gasteiger partial charge in [0.25, 0.3) is 0 Å². The standard InChI is InChI=1S/C8H6O4.C8H14O/c9-7(10)5-3-1-2-4-6(5)8(11)12;1-3-5-7-8(9)6-4-2/h1-4H,(H,9,10)(H,11,12);2,8-9H,3,5-7H2,1H3/t;8-/m.1/s1. The second kappa shape index (κ2) is 10.5. The Balaban J connectivity index is 0.000000400. The molecule has 0 unspecified atom stereocenters. The van der Waals surface area contributed by atoms with Crippen LogP contribution in [0.5, 0.6) is 0 Å². The molecule has 3 N–H and O–H groups in total. The molecule has 1 aromatic carbocycles. The summed E-state index contributed by atoms with van der Waals surface area (Å²) in [4.78, 5) is 20.9. The molecular formula is C16H20O5. The monoisotopic (exact) mass is 292 g/mol. The topological polar surface area (TPSA) is 94.8 Å². The van der Waals surface area contributed by atoms with E-state index in [1.807, 2.05) is 0 Å². The van der Waals surface area contributed by atoms with Crippen molar-refractivity contribution in [2.75, 3.05) is 0 Å².